The molecule has 4 rings (SSSR count). The lowest BCUT2D eigenvalue weighted by Gasteiger charge is -2.30. The van der Waals surface area contributed by atoms with Crippen LogP contribution in [0.4, 0.5) is 9.59 Å². The van der Waals surface area contributed by atoms with Gasteiger partial charge in [-0.2, -0.15) is 0 Å². The van der Waals surface area contributed by atoms with Gasteiger partial charge in [0.05, 0.1) is 13.7 Å². The number of methoxy groups -OCH3 is 1. The molecule has 3 amide bonds. The highest BCUT2D eigenvalue weighted by molar-refractivity contribution is 5.84. The molecule has 0 bridgehead atoms. The van der Waals surface area contributed by atoms with Crippen LogP contribution in [-0.4, -0.2) is 65.1 Å². The van der Waals surface area contributed by atoms with E-state index < -0.39 is 24.2 Å². The minimum absolute atomic E-state index is 0.119. The zero-order valence-electron chi connectivity index (χ0n) is 19.3. The van der Waals surface area contributed by atoms with E-state index in [0.717, 1.165) is 16.7 Å². The average molecular weight is 464 g/mol. The lowest BCUT2D eigenvalue weighted by molar-refractivity contribution is -0.145. The summed E-state index contributed by atoms with van der Waals surface area (Å²) in [5.41, 5.74) is 3.15. The van der Waals surface area contributed by atoms with E-state index in [4.69, 9.17) is 9.47 Å². The second-order valence-electron chi connectivity index (χ2n) is 8.49. The molecular formula is C26H29N3O5. The van der Waals surface area contributed by atoms with Crippen molar-refractivity contribution in [3.63, 3.8) is 0 Å². The molecule has 1 saturated heterocycles. The largest absolute Gasteiger partial charge is 0.467 e. The van der Waals surface area contributed by atoms with E-state index in [-0.39, 0.29) is 19.0 Å². The number of rotatable bonds is 6. The van der Waals surface area contributed by atoms with Gasteiger partial charge in [0.15, 0.2) is 0 Å². The lowest BCUT2D eigenvalue weighted by Crippen LogP contribution is -2.48. The third-order valence-corrected chi connectivity index (χ3v) is 6.18. The number of fused-ring (bicyclic) bond motifs is 1. The molecular weight excluding hydrogens is 434 g/mol. The molecule has 2 aromatic rings. The van der Waals surface area contributed by atoms with Gasteiger partial charge in [0.1, 0.15) is 12.1 Å². The van der Waals surface area contributed by atoms with Crippen LogP contribution < -0.4 is 0 Å². The van der Waals surface area contributed by atoms with Gasteiger partial charge in [-0.3, -0.25) is 4.90 Å². The smallest absolute Gasteiger partial charge is 0.410 e. The highest BCUT2D eigenvalue weighted by atomic mass is 16.6. The highest BCUT2D eigenvalue weighted by Crippen LogP contribution is 2.27. The Balaban J connectivity index is 1.44. The lowest BCUT2D eigenvalue weighted by atomic mass is 10.1. The van der Waals surface area contributed by atoms with Crippen LogP contribution in [0.3, 0.4) is 0 Å². The Bertz CT molecular complexity index is 1030. The topological polar surface area (TPSA) is 79.4 Å². The Hall–Kier alpha value is -3.81. The normalized spacial score (nSPS) is 18.9. The van der Waals surface area contributed by atoms with Crippen LogP contribution in [0, 0.1) is 0 Å². The van der Waals surface area contributed by atoms with Crippen LogP contribution in [0.25, 0.3) is 0 Å². The van der Waals surface area contributed by atoms with E-state index in [1.807, 2.05) is 54.6 Å². The van der Waals surface area contributed by atoms with E-state index in [1.165, 1.54) is 12.0 Å². The van der Waals surface area contributed by atoms with E-state index in [9.17, 15) is 14.4 Å². The molecule has 0 spiro atoms. The van der Waals surface area contributed by atoms with Crippen molar-refractivity contribution in [1.82, 2.24) is 14.7 Å². The summed E-state index contributed by atoms with van der Waals surface area (Å²) in [5, 5.41) is 0. The molecule has 0 N–H and O–H groups in total. The maximum atomic E-state index is 13.5. The first-order valence-electron chi connectivity index (χ1n) is 11.3. The number of urea groups is 1. The SMILES string of the molecule is C=CCN(Cc1ccccc1)C(=O)N1CC(OC(=O)N2Cc3ccccc3C2)C[C@H]1C(=O)OC. The molecule has 2 aromatic carbocycles. The molecule has 0 aliphatic carbocycles. The summed E-state index contributed by atoms with van der Waals surface area (Å²) in [6.45, 7) is 5.52. The van der Waals surface area contributed by atoms with Gasteiger partial charge in [-0.25, -0.2) is 14.4 Å². The Morgan fingerprint density at radius 3 is 2.32 bits per heavy atom. The number of carbonyl (C=O) groups excluding carboxylic acids is 3. The van der Waals surface area contributed by atoms with Crippen molar-refractivity contribution in [2.45, 2.75) is 38.2 Å². The predicted molar refractivity (Wildman–Crippen MR) is 126 cm³/mol. The first-order valence-corrected chi connectivity index (χ1v) is 11.3. The van der Waals surface area contributed by atoms with Crippen molar-refractivity contribution in [3.05, 3.63) is 83.9 Å². The number of likely N-dealkylation sites (tertiary alicyclic amines) is 1. The van der Waals surface area contributed by atoms with Gasteiger partial charge >= 0.3 is 18.1 Å². The Morgan fingerprint density at radius 2 is 1.71 bits per heavy atom. The number of esters is 1. The van der Waals surface area contributed by atoms with Crippen LogP contribution in [0.2, 0.25) is 0 Å². The first kappa shape index (κ1) is 23.4. The molecule has 8 heteroatoms. The van der Waals surface area contributed by atoms with Gasteiger partial charge in [0.2, 0.25) is 0 Å². The zero-order chi connectivity index (χ0) is 24.1. The molecule has 2 aliphatic heterocycles. The van der Waals surface area contributed by atoms with Crippen LogP contribution >= 0.6 is 0 Å². The minimum atomic E-state index is -0.825. The fourth-order valence-electron chi connectivity index (χ4n) is 4.48. The van der Waals surface area contributed by atoms with E-state index >= 15 is 0 Å². The summed E-state index contributed by atoms with van der Waals surface area (Å²) in [7, 11) is 1.29. The van der Waals surface area contributed by atoms with Crippen LogP contribution in [0.5, 0.6) is 0 Å². The molecule has 0 radical (unpaired) electrons. The molecule has 178 valence electrons. The van der Waals surface area contributed by atoms with Crippen molar-refractivity contribution in [3.8, 4) is 0 Å². The average Bonchev–Trinajstić information content (AvgIpc) is 3.48. The van der Waals surface area contributed by atoms with Crippen molar-refractivity contribution in [2.75, 3.05) is 20.2 Å². The molecule has 2 aliphatic rings. The molecule has 0 saturated carbocycles. The zero-order valence-corrected chi connectivity index (χ0v) is 19.3. The van der Waals surface area contributed by atoms with Gasteiger partial charge in [-0.1, -0.05) is 60.7 Å². The van der Waals surface area contributed by atoms with Crippen LogP contribution in [0.1, 0.15) is 23.1 Å². The fraction of sp³-hybridized carbons (Fsp3) is 0.346. The summed E-state index contributed by atoms with van der Waals surface area (Å²) >= 11 is 0. The van der Waals surface area contributed by atoms with Gasteiger partial charge in [0, 0.05) is 32.6 Å². The number of amides is 3. The summed E-state index contributed by atoms with van der Waals surface area (Å²) < 4.78 is 10.7. The summed E-state index contributed by atoms with van der Waals surface area (Å²) in [6, 6.07) is 16.3. The fourth-order valence-corrected chi connectivity index (χ4v) is 4.48. The van der Waals surface area contributed by atoms with Gasteiger partial charge in [-0.05, 0) is 16.7 Å². The third-order valence-electron chi connectivity index (χ3n) is 6.18. The Kier molecular flexibility index (Phi) is 7.15. The Labute approximate surface area is 199 Å². The second-order valence-corrected chi connectivity index (χ2v) is 8.49. The Morgan fingerprint density at radius 1 is 1.06 bits per heavy atom. The number of benzene rings is 2. The van der Waals surface area contributed by atoms with Gasteiger partial charge in [0.25, 0.3) is 0 Å². The summed E-state index contributed by atoms with van der Waals surface area (Å²) in [4.78, 5) is 43.5. The number of carbonyl (C=O) groups is 3. The van der Waals surface area contributed by atoms with Crippen molar-refractivity contribution in [1.29, 1.82) is 0 Å². The number of hydrogen-bond acceptors (Lipinski definition) is 5. The molecule has 34 heavy (non-hydrogen) atoms. The molecule has 1 fully saturated rings. The third kappa shape index (κ3) is 5.06. The minimum Gasteiger partial charge on any atom is -0.467 e. The van der Waals surface area contributed by atoms with Crippen molar-refractivity contribution < 1.29 is 23.9 Å². The van der Waals surface area contributed by atoms with E-state index in [1.54, 1.807) is 15.9 Å². The molecule has 1 unspecified atom stereocenters. The standard InChI is InChI=1S/C26H29N3O5/c1-3-13-27(15-19-9-5-4-6-10-19)25(31)29-18-22(14-23(29)24(30)33-2)34-26(32)28-16-20-11-7-8-12-21(20)17-28/h3-12,22-23H,1,13-18H2,2H3/t22?,23-/m0/s1. The maximum absolute atomic E-state index is 13.5. The van der Waals surface area contributed by atoms with Gasteiger partial charge < -0.3 is 19.3 Å². The van der Waals surface area contributed by atoms with E-state index in [0.29, 0.717) is 26.2 Å². The molecule has 0 aromatic heterocycles. The molecule has 2 heterocycles. The monoisotopic (exact) mass is 463 g/mol. The van der Waals surface area contributed by atoms with E-state index in [2.05, 4.69) is 6.58 Å². The van der Waals surface area contributed by atoms with Crippen molar-refractivity contribution in [2.24, 2.45) is 0 Å². The molecule has 8 nitrogen and oxygen atoms in total. The first-order chi connectivity index (χ1) is 16.5. The predicted octanol–water partition coefficient (Wildman–Crippen LogP) is 3.56. The summed E-state index contributed by atoms with van der Waals surface area (Å²) in [6.07, 6.45) is 0.781. The highest BCUT2D eigenvalue weighted by Gasteiger charge is 2.44. The number of nitrogens with zero attached hydrogens (tertiary/aromatic N) is 3. The quantitative estimate of drug-likeness (QED) is 0.484. The second kappa shape index (κ2) is 10.4. The maximum Gasteiger partial charge on any atom is 0.410 e. The number of ether oxygens (including phenoxy) is 2. The van der Waals surface area contributed by atoms with Gasteiger partial charge in [-0.15, -0.1) is 6.58 Å². The van der Waals surface area contributed by atoms with Crippen LogP contribution in [-0.2, 0) is 33.9 Å². The summed E-state index contributed by atoms with van der Waals surface area (Å²) in [5.74, 6) is -0.529. The molecule has 2 atom stereocenters. The number of hydrogen-bond donors (Lipinski definition) is 0. The van der Waals surface area contributed by atoms with Crippen molar-refractivity contribution >= 4 is 18.1 Å². The van der Waals surface area contributed by atoms with Crippen LogP contribution in [0.15, 0.2) is 67.3 Å².